The highest BCUT2D eigenvalue weighted by molar-refractivity contribution is 7.80. The van der Waals surface area contributed by atoms with Gasteiger partial charge in [-0.15, -0.1) is 0 Å². The molecule has 0 saturated carbocycles. The van der Waals surface area contributed by atoms with E-state index in [9.17, 15) is 0 Å². The molecule has 0 spiro atoms. The lowest BCUT2D eigenvalue weighted by Gasteiger charge is -2.03. The molecule has 0 radical (unpaired) electrons. The topological polar surface area (TPSA) is 69.6 Å². The van der Waals surface area contributed by atoms with Crippen molar-refractivity contribution in [2.24, 2.45) is 5.73 Å². The van der Waals surface area contributed by atoms with Crippen LogP contribution in [0.1, 0.15) is 5.82 Å². The predicted molar refractivity (Wildman–Crippen MR) is 60.1 cm³/mol. The highest BCUT2D eigenvalue weighted by atomic mass is 35.5. The van der Waals surface area contributed by atoms with Crippen LogP contribution in [0.25, 0.3) is 5.95 Å². The first-order valence-electron chi connectivity index (χ1n) is 3.99. The van der Waals surface area contributed by atoms with E-state index in [1.165, 1.54) is 12.4 Å². The Morgan fingerprint density at radius 2 is 2.00 bits per heavy atom. The van der Waals surface area contributed by atoms with Crippen molar-refractivity contribution in [2.45, 2.75) is 0 Å². The largest absolute Gasteiger partial charge is 0.387 e. The van der Waals surface area contributed by atoms with Crippen LogP contribution in [0.3, 0.4) is 0 Å². The third-order valence-electron chi connectivity index (χ3n) is 1.68. The summed E-state index contributed by atoms with van der Waals surface area (Å²) in [6.45, 7) is 0. The highest BCUT2D eigenvalue weighted by Crippen LogP contribution is 2.08. The summed E-state index contributed by atoms with van der Waals surface area (Å²) in [5.74, 6) is 0.882. The van der Waals surface area contributed by atoms with Crippen molar-refractivity contribution in [3.8, 4) is 5.95 Å². The van der Waals surface area contributed by atoms with E-state index in [0.717, 1.165) is 0 Å². The van der Waals surface area contributed by atoms with Gasteiger partial charge in [0.1, 0.15) is 4.99 Å². The number of imidazole rings is 1. The van der Waals surface area contributed by atoms with Gasteiger partial charge in [0.15, 0.2) is 5.82 Å². The number of hydrogen-bond donors (Lipinski definition) is 1. The van der Waals surface area contributed by atoms with Crippen molar-refractivity contribution in [2.75, 3.05) is 0 Å². The Labute approximate surface area is 95.9 Å². The Bertz CT molecular complexity index is 492. The molecule has 0 unspecified atom stereocenters. The number of aromatic nitrogens is 4. The molecule has 2 N–H and O–H groups in total. The van der Waals surface area contributed by atoms with Crippen molar-refractivity contribution in [3.63, 3.8) is 0 Å². The molecule has 0 aromatic carbocycles. The number of nitrogens with two attached hydrogens (primary N) is 1. The summed E-state index contributed by atoms with van der Waals surface area (Å²) in [6.07, 6.45) is 6.24. The van der Waals surface area contributed by atoms with E-state index in [2.05, 4.69) is 15.0 Å². The molecule has 5 nitrogen and oxygen atoms in total. The first kappa shape index (κ1) is 10.0. The summed E-state index contributed by atoms with van der Waals surface area (Å²) >= 11 is 10.5. The molecular weight excluding hydrogens is 234 g/mol. The molecule has 0 aliphatic heterocycles. The number of nitrogens with zero attached hydrogens (tertiary/aromatic N) is 4. The van der Waals surface area contributed by atoms with E-state index in [1.54, 1.807) is 17.0 Å². The fourth-order valence-corrected chi connectivity index (χ4v) is 1.33. The lowest BCUT2D eigenvalue weighted by atomic mass is 10.6. The van der Waals surface area contributed by atoms with Gasteiger partial charge in [-0.25, -0.2) is 15.0 Å². The predicted octanol–water partition coefficient (Wildman–Crippen LogP) is 0.950. The lowest BCUT2D eigenvalue weighted by Crippen LogP contribution is -2.17. The van der Waals surface area contributed by atoms with Crippen LogP contribution in [0.2, 0.25) is 5.02 Å². The molecule has 15 heavy (non-hydrogen) atoms. The molecule has 2 rings (SSSR count). The van der Waals surface area contributed by atoms with Gasteiger partial charge >= 0.3 is 0 Å². The van der Waals surface area contributed by atoms with E-state index < -0.39 is 0 Å². The van der Waals surface area contributed by atoms with Gasteiger partial charge in [-0.1, -0.05) is 23.8 Å². The van der Waals surface area contributed by atoms with Gasteiger partial charge in [0, 0.05) is 12.4 Å². The molecule has 7 heteroatoms. The summed E-state index contributed by atoms with van der Waals surface area (Å²) in [5, 5.41) is 0.468. The zero-order valence-corrected chi connectivity index (χ0v) is 9.03. The zero-order chi connectivity index (χ0) is 10.8. The fraction of sp³-hybridized carbons (Fsp3) is 0. The van der Waals surface area contributed by atoms with Crippen molar-refractivity contribution >= 4 is 28.8 Å². The summed E-state index contributed by atoms with van der Waals surface area (Å²) in [7, 11) is 0. The molecule has 0 bridgehead atoms. The van der Waals surface area contributed by atoms with E-state index in [0.29, 0.717) is 16.8 Å². The Kier molecular flexibility index (Phi) is 2.61. The van der Waals surface area contributed by atoms with Crippen LogP contribution in [-0.4, -0.2) is 24.5 Å². The van der Waals surface area contributed by atoms with Crippen molar-refractivity contribution < 1.29 is 0 Å². The molecule has 0 aliphatic carbocycles. The van der Waals surface area contributed by atoms with Gasteiger partial charge in [0.2, 0.25) is 5.95 Å². The van der Waals surface area contributed by atoms with Crippen LogP contribution in [0.15, 0.2) is 24.8 Å². The minimum absolute atomic E-state index is 0.193. The molecule has 0 fully saturated rings. The number of halogens is 1. The maximum absolute atomic E-state index is 5.68. The maximum atomic E-state index is 5.68. The molecule has 0 aliphatic rings. The summed E-state index contributed by atoms with van der Waals surface area (Å²) < 4.78 is 1.60. The summed E-state index contributed by atoms with van der Waals surface area (Å²) in [6, 6.07) is 0. The number of rotatable bonds is 2. The maximum Gasteiger partial charge on any atom is 0.235 e. The normalized spacial score (nSPS) is 10.2. The molecule has 0 saturated heterocycles. The van der Waals surface area contributed by atoms with Crippen molar-refractivity contribution in [3.05, 3.63) is 35.6 Å². The van der Waals surface area contributed by atoms with Crippen LogP contribution in [0.5, 0.6) is 0 Å². The molecular formula is C8H6ClN5S. The quantitative estimate of drug-likeness (QED) is 0.791. The van der Waals surface area contributed by atoms with Gasteiger partial charge in [0.25, 0.3) is 0 Å². The molecule has 76 valence electrons. The van der Waals surface area contributed by atoms with E-state index in [-0.39, 0.29) is 4.99 Å². The standard InChI is InChI=1S/C8H6ClN5S/c9-5-3-12-8(13-4-5)14-2-1-11-7(14)6(10)15/h1-4H,(H2,10,15). The second-order valence-corrected chi connectivity index (χ2v) is 3.56. The van der Waals surface area contributed by atoms with Gasteiger partial charge in [-0.3, -0.25) is 4.57 Å². The van der Waals surface area contributed by atoms with Crippen LogP contribution < -0.4 is 5.73 Å². The van der Waals surface area contributed by atoms with Crippen LogP contribution in [0, 0.1) is 0 Å². The van der Waals surface area contributed by atoms with Crippen molar-refractivity contribution in [1.82, 2.24) is 19.5 Å². The highest BCUT2D eigenvalue weighted by Gasteiger charge is 2.08. The summed E-state index contributed by atoms with van der Waals surface area (Å²) in [4.78, 5) is 12.2. The van der Waals surface area contributed by atoms with Gasteiger partial charge in [-0.2, -0.15) is 0 Å². The summed E-state index contributed by atoms with van der Waals surface area (Å²) in [5.41, 5.74) is 5.49. The minimum atomic E-state index is 0.193. The zero-order valence-electron chi connectivity index (χ0n) is 7.46. The van der Waals surface area contributed by atoms with Crippen LogP contribution in [0.4, 0.5) is 0 Å². The molecule has 2 heterocycles. The van der Waals surface area contributed by atoms with E-state index >= 15 is 0 Å². The Morgan fingerprint density at radius 1 is 1.33 bits per heavy atom. The minimum Gasteiger partial charge on any atom is -0.387 e. The monoisotopic (exact) mass is 239 g/mol. The first-order chi connectivity index (χ1) is 7.18. The van der Waals surface area contributed by atoms with Crippen LogP contribution >= 0.6 is 23.8 Å². The molecule has 2 aromatic rings. The second kappa shape index (κ2) is 3.92. The average molecular weight is 240 g/mol. The second-order valence-electron chi connectivity index (χ2n) is 2.69. The average Bonchev–Trinajstić information content (AvgIpc) is 2.67. The van der Waals surface area contributed by atoms with Gasteiger partial charge in [0.05, 0.1) is 17.4 Å². The fourth-order valence-electron chi connectivity index (χ4n) is 1.08. The smallest absolute Gasteiger partial charge is 0.235 e. The Morgan fingerprint density at radius 3 is 2.60 bits per heavy atom. The number of hydrogen-bond acceptors (Lipinski definition) is 4. The van der Waals surface area contributed by atoms with E-state index in [1.807, 2.05) is 0 Å². The molecule has 2 aromatic heterocycles. The molecule has 0 atom stereocenters. The van der Waals surface area contributed by atoms with Gasteiger partial charge in [-0.05, 0) is 0 Å². The number of thiocarbonyl (C=S) groups is 1. The third kappa shape index (κ3) is 1.95. The molecule has 0 amide bonds. The van der Waals surface area contributed by atoms with Gasteiger partial charge < -0.3 is 5.73 Å². The van der Waals surface area contributed by atoms with Crippen LogP contribution in [-0.2, 0) is 0 Å². The first-order valence-corrected chi connectivity index (χ1v) is 4.78. The SMILES string of the molecule is NC(=S)c1nccn1-c1ncc(Cl)cn1. The Balaban J connectivity index is 2.49. The lowest BCUT2D eigenvalue weighted by molar-refractivity contribution is 0.915. The van der Waals surface area contributed by atoms with E-state index in [4.69, 9.17) is 29.6 Å². The third-order valence-corrected chi connectivity index (χ3v) is 2.06. The Hall–Kier alpha value is -1.53. The van der Waals surface area contributed by atoms with Crippen molar-refractivity contribution in [1.29, 1.82) is 0 Å².